The van der Waals surface area contributed by atoms with Crippen LogP contribution in [-0.4, -0.2) is 35.9 Å². The Bertz CT molecular complexity index is 1010. The molecule has 1 aromatic heterocycles. The first-order valence-electron chi connectivity index (χ1n) is 8.60. The van der Waals surface area contributed by atoms with Crippen molar-refractivity contribution in [2.24, 2.45) is 5.10 Å². The molecule has 0 atom stereocenters. The maximum atomic E-state index is 12.4. The van der Waals surface area contributed by atoms with Crippen LogP contribution in [0.2, 0.25) is 0 Å². The van der Waals surface area contributed by atoms with E-state index in [1.165, 1.54) is 6.21 Å². The SMILES string of the molecule is CCn1c(C)nc2cc(C(=O)NN=Cc3cccc(OC)c3OC)ccc21. The number of amides is 1. The van der Waals surface area contributed by atoms with Gasteiger partial charge in [-0.3, -0.25) is 4.79 Å². The number of hydrazone groups is 1. The summed E-state index contributed by atoms with van der Waals surface area (Å²) in [6.45, 7) is 4.85. The zero-order chi connectivity index (χ0) is 19.4. The fourth-order valence-corrected chi connectivity index (χ4v) is 3.03. The number of aryl methyl sites for hydroxylation is 2. The number of para-hydroxylation sites is 1. The maximum Gasteiger partial charge on any atom is 0.271 e. The molecule has 1 heterocycles. The smallest absolute Gasteiger partial charge is 0.271 e. The molecular weight excluding hydrogens is 344 g/mol. The van der Waals surface area contributed by atoms with E-state index in [2.05, 4.69) is 27.0 Å². The molecule has 140 valence electrons. The second-order valence-corrected chi connectivity index (χ2v) is 5.89. The zero-order valence-corrected chi connectivity index (χ0v) is 15.8. The van der Waals surface area contributed by atoms with Crippen LogP contribution < -0.4 is 14.9 Å². The summed E-state index contributed by atoms with van der Waals surface area (Å²) in [4.78, 5) is 16.9. The van der Waals surface area contributed by atoms with E-state index in [0.717, 1.165) is 23.4 Å². The summed E-state index contributed by atoms with van der Waals surface area (Å²) >= 11 is 0. The molecule has 0 saturated carbocycles. The average Bonchev–Trinajstić information content (AvgIpc) is 3.01. The van der Waals surface area contributed by atoms with Gasteiger partial charge in [-0.25, -0.2) is 10.4 Å². The average molecular weight is 366 g/mol. The molecule has 0 aliphatic rings. The van der Waals surface area contributed by atoms with Gasteiger partial charge in [0, 0.05) is 17.7 Å². The second-order valence-electron chi connectivity index (χ2n) is 5.89. The Kier molecular flexibility index (Phi) is 5.40. The fourth-order valence-electron chi connectivity index (χ4n) is 3.03. The lowest BCUT2D eigenvalue weighted by molar-refractivity contribution is 0.0955. The van der Waals surface area contributed by atoms with Gasteiger partial charge >= 0.3 is 0 Å². The Morgan fingerprint density at radius 3 is 2.78 bits per heavy atom. The maximum absolute atomic E-state index is 12.4. The van der Waals surface area contributed by atoms with Crippen LogP contribution in [0.3, 0.4) is 0 Å². The van der Waals surface area contributed by atoms with Crippen LogP contribution in [0, 0.1) is 6.92 Å². The Balaban J connectivity index is 1.78. The molecule has 7 heteroatoms. The number of ether oxygens (including phenoxy) is 2. The van der Waals surface area contributed by atoms with E-state index >= 15 is 0 Å². The largest absolute Gasteiger partial charge is 0.493 e. The van der Waals surface area contributed by atoms with Gasteiger partial charge in [-0.05, 0) is 44.2 Å². The van der Waals surface area contributed by atoms with Crippen LogP contribution >= 0.6 is 0 Å². The first-order chi connectivity index (χ1) is 13.1. The number of hydrogen-bond donors (Lipinski definition) is 1. The summed E-state index contributed by atoms with van der Waals surface area (Å²) in [7, 11) is 3.12. The minimum atomic E-state index is -0.307. The molecule has 0 saturated heterocycles. The number of hydrogen-bond acceptors (Lipinski definition) is 5. The summed E-state index contributed by atoms with van der Waals surface area (Å²) < 4.78 is 12.7. The molecule has 3 rings (SSSR count). The first kappa shape index (κ1) is 18.4. The summed E-state index contributed by atoms with van der Waals surface area (Å²) in [5.74, 6) is 1.77. The van der Waals surface area contributed by atoms with E-state index in [1.54, 1.807) is 32.4 Å². The number of nitrogens with zero attached hydrogens (tertiary/aromatic N) is 3. The molecule has 1 amide bonds. The molecule has 0 radical (unpaired) electrons. The summed E-state index contributed by atoms with van der Waals surface area (Å²) in [6.07, 6.45) is 1.52. The van der Waals surface area contributed by atoms with Gasteiger partial charge in [0.2, 0.25) is 0 Å². The highest BCUT2D eigenvalue weighted by Crippen LogP contribution is 2.29. The third-order valence-electron chi connectivity index (χ3n) is 4.32. The van der Waals surface area contributed by atoms with Crippen molar-refractivity contribution in [1.29, 1.82) is 0 Å². The number of methoxy groups -OCH3 is 2. The van der Waals surface area contributed by atoms with Crippen molar-refractivity contribution >= 4 is 23.2 Å². The number of fused-ring (bicyclic) bond motifs is 1. The molecular formula is C20H22N4O3. The quantitative estimate of drug-likeness (QED) is 0.537. The van der Waals surface area contributed by atoms with Gasteiger partial charge in [-0.2, -0.15) is 5.10 Å². The number of nitrogens with one attached hydrogen (secondary N) is 1. The molecule has 3 aromatic rings. The van der Waals surface area contributed by atoms with Gasteiger partial charge in [-0.1, -0.05) is 6.07 Å². The van der Waals surface area contributed by atoms with E-state index in [1.807, 2.05) is 25.1 Å². The second kappa shape index (κ2) is 7.90. The first-order valence-corrected chi connectivity index (χ1v) is 8.60. The van der Waals surface area contributed by atoms with E-state index in [0.29, 0.717) is 22.6 Å². The summed E-state index contributed by atoms with van der Waals surface area (Å²) in [5.41, 5.74) is 5.54. The summed E-state index contributed by atoms with van der Waals surface area (Å²) in [5, 5.41) is 4.04. The minimum absolute atomic E-state index is 0.307. The molecule has 0 fully saturated rings. The molecule has 7 nitrogen and oxygen atoms in total. The van der Waals surface area contributed by atoms with Gasteiger partial charge in [0.05, 0.1) is 31.5 Å². The Morgan fingerprint density at radius 2 is 2.07 bits per heavy atom. The molecule has 0 bridgehead atoms. The van der Waals surface area contributed by atoms with Crippen molar-refractivity contribution in [2.45, 2.75) is 20.4 Å². The number of benzene rings is 2. The highest BCUT2D eigenvalue weighted by atomic mass is 16.5. The van der Waals surface area contributed by atoms with Gasteiger partial charge in [0.25, 0.3) is 5.91 Å². The third kappa shape index (κ3) is 3.62. The van der Waals surface area contributed by atoms with E-state index in [4.69, 9.17) is 9.47 Å². The van der Waals surface area contributed by atoms with Gasteiger partial charge in [0.15, 0.2) is 11.5 Å². The van der Waals surface area contributed by atoms with Gasteiger partial charge < -0.3 is 14.0 Å². The van der Waals surface area contributed by atoms with Crippen LogP contribution in [0.1, 0.15) is 28.7 Å². The molecule has 2 aromatic carbocycles. The highest BCUT2D eigenvalue weighted by molar-refractivity contribution is 5.98. The lowest BCUT2D eigenvalue weighted by Crippen LogP contribution is -2.17. The summed E-state index contributed by atoms with van der Waals surface area (Å²) in [6, 6.07) is 10.9. The highest BCUT2D eigenvalue weighted by Gasteiger charge is 2.11. The Hall–Kier alpha value is -3.35. The van der Waals surface area contributed by atoms with Crippen molar-refractivity contribution in [3.63, 3.8) is 0 Å². The minimum Gasteiger partial charge on any atom is -0.493 e. The van der Waals surface area contributed by atoms with Crippen LogP contribution in [0.25, 0.3) is 11.0 Å². The Morgan fingerprint density at radius 1 is 1.26 bits per heavy atom. The van der Waals surface area contributed by atoms with Gasteiger partial charge in [0.1, 0.15) is 5.82 Å². The molecule has 1 N–H and O–H groups in total. The number of imidazole rings is 1. The van der Waals surface area contributed by atoms with Crippen LogP contribution in [0.5, 0.6) is 11.5 Å². The monoisotopic (exact) mass is 366 g/mol. The van der Waals surface area contributed by atoms with Crippen molar-refractivity contribution in [3.8, 4) is 11.5 Å². The van der Waals surface area contributed by atoms with Crippen LogP contribution in [-0.2, 0) is 6.54 Å². The van der Waals surface area contributed by atoms with Crippen molar-refractivity contribution in [3.05, 3.63) is 53.3 Å². The molecule has 0 aliphatic carbocycles. The number of carbonyl (C=O) groups is 1. The predicted molar refractivity (Wildman–Crippen MR) is 105 cm³/mol. The molecule has 0 aliphatic heterocycles. The molecule has 27 heavy (non-hydrogen) atoms. The zero-order valence-electron chi connectivity index (χ0n) is 15.8. The number of carbonyl (C=O) groups excluding carboxylic acids is 1. The topological polar surface area (TPSA) is 77.7 Å². The standard InChI is InChI=1S/C20H22N4O3/c1-5-24-13(2)22-16-11-14(9-10-17(16)24)20(25)23-21-12-15-7-6-8-18(26-3)19(15)27-4/h6-12H,5H2,1-4H3,(H,23,25). The van der Waals surface area contributed by atoms with E-state index in [-0.39, 0.29) is 5.91 Å². The van der Waals surface area contributed by atoms with Crippen molar-refractivity contribution < 1.29 is 14.3 Å². The van der Waals surface area contributed by atoms with Crippen molar-refractivity contribution in [2.75, 3.05) is 14.2 Å². The predicted octanol–water partition coefficient (Wildman–Crippen LogP) is 3.15. The lowest BCUT2D eigenvalue weighted by Gasteiger charge is -2.09. The number of aromatic nitrogens is 2. The third-order valence-corrected chi connectivity index (χ3v) is 4.32. The Labute approximate surface area is 157 Å². The van der Waals surface area contributed by atoms with Crippen LogP contribution in [0.4, 0.5) is 0 Å². The van der Waals surface area contributed by atoms with Gasteiger partial charge in [-0.15, -0.1) is 0 Å². The van der Waals surface area contributed by atoms with Crippen LogP contribution in [0.15, 0.2) is 41.5 Å². The van der Waals surface area contributed by atoms with Crippen molar-refractivity contribution in [1.82, 2.24) is 15.0 Å². The van der Waals surface area contributed by atoms with E-state index < -0.39 is 0 Å². The van der Waals surface area contributed by atoms with E-state index in [9.17, 15) is 4.79 Å². The number of rotatable bonds is 6. The molecule has 0 spiro atoms. The fraction of sp³-hybridized carbons (Fsp3) is 0.250. The normalized spacial score (nSPS) is 11.1. The lowest BCUT2D eigenvalue weighted by atomic mass is 10.2. The molecule has 0 unspecified atom stereocenters.